The van der Waals surface area contributed by atoms with Gasteiger partial charge in [0.1, 0.15) is 11.0 Å². The molecule has 0 spiro atoms. The lowest BCUT2D eigenvalue weighted by Gasteiger charge is -2.48. The van der Waals surface area contributed by atoms with Gasteiger partial charge in [-0.15, -0.1) is 0 Å². The molecular formula is C36H46ClN2O4+. The van der Waals surface area contributed by atoms with Gasteiger partial charge < -0.3 is 14.7 Å². The maximum absolute atomic E-state index is 14.3. The number of carbonyl (C=O) groups excluding carboxylic acids is 2. The Hall–Kier alpha value is -3.19. The molecule has 3 aromatic carbocycles. The Kier molecular flexibility index (Phi) is 10.1. The second kappa shape index (κ2) is 13.2. The summed E-state index contributed by atoms with van der Waals surface area (Å²) in [5.41, 5.74) is 0.156. The number of hydrogen-bond acceptors (Lipinski definition) is 4. The smallest absolute Gasteiger partial charge is 0.315 e. The van der Waals surface area contributed by atoms with Crippen LogP contribution in [0.25, 0.3) is 0 Å². The lowest BCUT2D eigenvalue weighted by molar-refractivity contribution is -0.950. The van der Waals surface area contributed by atoms with Crippen molar-refractivity contribution in [1.82, 2.24) is 4.90 Å². The van der Waals surface area contributed by atoms with Crippen molar-refractivity contribution >= 4 is 23.5 Å². The van der Waals surface area contributed by atoms with Gasteiger partial charge >= 0.3 is 5.97 Å². The molecule has 6 nitrogen and oxygen atoms in total. The van der Waals surface area contributed by atoms with E-state index in [1.807, 2.05) is 93.6 Å². The van der Waals surface area contributed by atoms with Crippen LogP contribution in [0.15, 0.2) is 84.9 Å². The molecular weight excluding hydrogens is 560 g/mol. The second-order valence-corrected chi connectivity index (χ2v) is 13.4. The molecule has 1 aliphatic heterocycles. The third kappa shape index (κ3) is 6.98. The number of likely N-dealkylation sites (N-methyl/N-ethyl adjacent to an activating group) is 1. The Morgan fingerprint density at radius 2 is 1.42 bits per heavy atom. The summed E-state index contributed by atoms with van der Waals surface area (Å²) >= 11 is 6.13. The van der Waals surface area contributed by atoms with Crippen molar-refractivity contribution in [2.24, 2.45) is 5.41 Å². The number of halogens is 1. The van der Waals surface area contributed by atoms with Crippen molar-refractivity contribution < 1.29 is 23.9 Å². The van der Waals surface area contributed by atoms with E-state index in [9.17, 15) is 14.7 Å². The van der Waals surface area contributed by atoms with Gasteiger partial charge in [-0.3, -0.25) is 14.1 Å². The predicted molar refractivity (Wildman–Crippen MR) is 171 cm³/mol. The van der Waals surface area contributed by atoms with Gasteiger partial charge in [-0.1, -0.05) is 91.3 Å². The third-order valence-corrected chi connectivity index (χ3v) is 9.80. The first-order chi connectivity index (χ1) is 20.4. The predicted octanol–water partition coefficient (Wildman–Crippen LogP) is 6.54. The first-order valence-electron chi connectivity index (χ1n) is 15.2. The molecule has 1 N–H and O–H groups in total. The number of nitrogens with zero attached hydrogens (tertiary/aromatic N) is 2. The first kappa shape index (κ1) is 32.7. The van der Waals surface area contributed by atoms with Crippen molar-refractivity contribution in [1.29, 1.82) is 0 Å². The fraction of sp³-hybridized carbons (Fsp3) is 0.444. The van der Waals surface area contributed by atoms with Crippen molar-refractivity contribution in [3.63, 3.8) is 0 Å². The zero-order valence-corrected chi connectivity index (χ0v) is 26.9. The van der Waals surface area contributed by atoms with Crippen LogP contribution in [0.3, 0.4) is 0 Å². The van der Waals surface area contributed by atoms with E-state index in [1.165, 1.54) is 0 Å². The van der Waals surface area contributed by atoms with E-state index in [0.29, 0.717) is 54.8 Å². The molecule has 0 aromatic heterocycles. The van der Waals surface area contributed by atoms with Crippen LogP contribution in [0.4, 0.5) is 0 Å². The fourth-order valence-electron chi connectivity index (χ4n) is 6.12. The molecule has 1 fully saturated rings. The summed E-state index contributed by atoms with van der Waals surface area (Å²) in [6.45, 7) is 7.75. The molecule has 1 saturated heterocycles. The Morgan fingerprint density at radius 3 is 1.88 bits per heavy atom. The number of likely N-dealkylation sites (tertiary alicyclic amines) is 1. The van der Waals surface area contributed by atoms with E-state index in [0.717, 1.165) is 16.7 Å². The van der Waals surface area contributed by atoms with Crippen molar-refractivity contribution in [3.8, 4) is 0 Å². The highest BCUT2D eigenvalue weighted by molar-refractivity contribution is 6.30. The van der Waals surface area contributed by atoms with Crippen molar-refractivity contribution in [3.05, 3.63) is 107 Å². The molecule has 7 heteroatoms. The molecule has 1 aliphatic rings. The number of amides is 1. The Bertz CT molecular complexity index is 1330. The molecule has 0 aliphatic carbocycles. The van der Waals surface area contributed by atoms with Crippen molar-refractivity contribution in [2.75, 3.05) is 40.5 Å². The third-order valence-electron chi connectivity index (χ3n) is 9.55. The van der Waals surface area contributed by atoms with Gasteiger partial charge in [0.25, 0.3) is 0 Å². The summed E-state index contributed by atoms with van der Waals surface area (Å²) in [7, 11) is 3.60. The summed E-state index contributed by atoms with van der Waals surface area (Å²) < 4.78 is 6.52. The summed E-state index contributed by atoms with van der Waals surface area (Å²) in [5, 5.41) is 12.4. The minimum atomic E-state index is -1.01. The SMILES string of the molecule is CCC(C)(C)C(=O)OC[N+]1(CCC(C(=O)N(C)C)(c2ccccc2)c2ccccc2)CCC(O)(c2ccc(Cl)cc2)CC1. The highest BCUT2D eigenvalue weighted by Gasteiger charge is 2.48. The maximum atomic E-state index is 14.3. The number of quaternary nitrogens is 1. The van der Waals surface area contributed by atoms with Crippen LogP contribution < -0.4 is 0 Å². The number of piperidine rings is 1. The summed E-state index contributed by atoms with van der Waals surface area (Å²) in [4.78, 5) is 29.1. The lowest BCUT2D eigenvalue weighted by atomic mass is 9.70. The van der Waals surface area contributed by atoms with Crippen molar-refractivity contribution in [2.45, 2.75) is 57.5 Å². The second-order valence-electron chi connectivity index (χ2n) is 12.9. The molecule has 43 heavy (non-hydrogen) atoms. The molecule has 230 valence electrons. The Morgan fingerprint density at radius 1 is 0.907 bits per heavy atom. The molecule has 1 amide bonds. The number of rotatable bonds is 11. The van der Waals surface area contributed by atoms with E-state index in [-0.39, 0.29) is 18.6 Å². The van der Waals surface area contributed by atoms with Crippen LogP contribution in [0.1, 0.15) is 63.1 Å². The molecule has 0 unspecified atom stereocenters. The average Bonchev–Trinajstić information content (AvgIpc) is 3.02. The average molecular weight is 606 g/mol. The van der Waals surface area contributed by atoms with E-state index < -0.39 is 16.4 Å². The molecule has 0 radical (unpaired) electrons. The standard InChI is InChI=1S/C36H46ClN2O4/c1-6-34(2,3)33(41)43-27-39(24-21-35(42,22-25-39)28-17-19-31(37)20-18-28)26-23-36(32(40)38(4)5,29-13-9-7-10-14-29)30-15-11-8-12-16-30/h7-20,42H,6,21-27H2,1-5H3/q+1. The van der Waals surface area contributed by atoms with Gasteiger partial charge in [-0.05, 0) is 49.1 Å². The van der Waals surface area contributed by atoms with Crippen LogP contribution in [0.2, 0.25) is 5.02 Å². The molecule has 0 bridgehead atoms. The number of ether oxygens (including phenoxy) is 1. The minimum Gasteiger partial charge on any atom is -0.415 e. The summed E-state index contributed by atoms with van der Waals surface area (Å²) in [5.74, 6) is -0.227. The van der Waals surface area contributed by atoms with E-state index >= 15 is 0 Å². The van der Waals surface area contributed by atoms with Gasteiger partial charge in [0.2, 0.25) is 12.6 Å². The highest BCUT2D eigenvalue weighted by Crippen LogP contribution is 2.41. The van der Waals surface area contributed by atoms with Crippen LogP contribution >= 0.6 is 11.6 Å². The number of hydrogen-bond donors (Lipinski definition) is 1. The number of benzene rings is 3. The fourth-order valence-corrected chi connectivity index (χ4v) is 6.25. The Balaban J connectivity index is 1.72. The van der Waals surface area contributed by atoms with E-state index in [2.05, 4.69) is 0 Å². The topological polar surface area (TPSA) is 66.8 Å². The lowest BCUT2D eigenvalue weighted by Crippen LogP contribution is -2.60. The quantitative estimate of drug-likeness (QED) is 0.199. The minimum absolute atomic E-state index is 0.00170. The molecule has 4 rings (SSSR count). The van der Waals surface area contributed by atoms with Gasteiger partial charge in [-0.25, -0.2) is 0 Å². The summed E-state index contributed by atoms with van der Waals surface area (Å²) in [6, 6.07) is 27.3. The van der Waals surface area contributed by atoms with Gasteiger partial charge in [0.05, 0.1) is 25.0 Å². The normalized spacial score (nSPS) is 20.8. The number of esters is 1. The molecule has 1 heterocycles. The first-order valence-corrected chi connectivity index (χ1v) is 15.6. The van der Waals surface area contributed by atoms with Gasteiger partial charge in [0.15, 0.2) is 0 Å². The van der Waals surface area contributed by atoms with E-state index in [1.54, 1.807) is 31.1 Å². The molecule has 0 saturated carbocycles. The van der Waals surface area contributed by atoms with Crippen LogP contribution in [0, 0.1) is 5.41 Å². The maximum Gasteiger partial charge on any atom is 0.315 e. The van der Waals surface area contributed by atoms with Crippen LogP contribution in [-0.2, 0) is 25.3 Å². The summed E-state index contributed by atoms with van der Waals surface area (Å²) in [6.07, 6.45) is 2.17. The van der Waals surface area contributed by atoms with Crippen LogP contribution in [0.5, 0.6) is 0 Å². The Labute approximate surface area is 261 Å². The van der Waals surface area contributed by atoms with Gasteiger partial charge in [0, 0.05) is 38.4 Å². The number of carbonyl (C=O) groups is 2. The monoisotopic (exact) mass is 605 g/mol. The zero-order chi connectivity index (χ0) is 31.3. The molecule has 3 aromatic rings. The zero-order valence-electron chi connectivity index (χ0n) is 26.2. The number of aliphatic hydroxyl groups is 1. The largest absolute Gasteiger partial charge is 0.415 e. The highest BCUT2D eigenvalue weighted by atomic mass is 35.5. The van der Waals surface area contributed by atoms with Crippen LogP contribution in [-0.4, -0.2) is 66.8 Å². The molecule has 0 atom stereocenters. The van der Waals surface area contributed by atoms with E-state index in [4.69, 9.17) is 16.3 Å². The van der Waals surface area contributed by atoms with Gasteiger partial charge in [-0.2, -0.15) is 0 Å².